The smallest absolute Gasteiger partial charge is 0.304 e. The lowest BCUT2D eigenvalue weighted by Gasteiger charge is -2.10. The molecule has 0 bridgehead atoms. The molecule has 0 radical (unpaired) electrons. The summed E-state index contributed by atoms with van der Waals surface area (Å²) in [4.78, 5) is 10.9. The van der Waals surface area contributed by atoms with Crippen LogP contribution in [0.3, 0.4) is 0 Å². The topological polar surface area (TPSA) is 50.1 Å². The summed E-state index contributed by atoms with van der Waals surface area (Å²) in [5, 5.41) is 11.1. The lowest BCUT2D eigenvalue weighted by Crippen LogP contribution is -2.06. The molecule has 2 rings (SSSR count). The van der Waals surface area contributed by atoms with Crippen molar-refractivity contribution in [3.8, 4) is 6.07 Å². The highest BCUT2D eigenvalue weighted by Gasteiger charge is 2.13. The summed E-state index contributed by atoms with van der Waals surface area (Å²) in [5.41, 5.74) is 0.696. The lowest BCUT2D eigenvalue weighted by atomic mass is 10.0. The van der Waals surface area contributed by atoms with Gasteiger partial charge in [0, 0.05) is 12.5 Å². The molecule has 0 saturated heterocycles. The van der Waals surface area contributed by atoms with Gasteiger partial charge in [0.25, 0.3) is 0 Å². The van der Waals surface area contributed by atoms with Gasteiger partial charge in [-0.15, -0.1) is 0 Å². The fourth-order valence-corrected chi connectivity index (χ4v) is 1.71. The van der Waals surface area contributed by atoms with Gasteiger partial charge >= 0.3 is 5.97 Å². The largest absolute Gasteiger partial charge is 0.442 e. The van der Waals surface area contributed by atoms with Crippen LogP contribution in [0.4, 0.5) is 0 Å². The second kappa shape index (κ2) is 4.67. The van der Waals surface area contributed by atoms with E-state index in [1.165, 1.54) is 6.92 Å². The molecule has 0 aromatic heterocycles. The molecule has 0 spiro atoms. The third kappa shape index (κ3) is 2.43. The first kappa shape index (κ1) is 11.2. The molecule has 0 aliphatic heterocycles. The molecule has 0 saturated carbocycles. The van der Waals surface area contributed by atoms with Crippen molar-refractivity contribution >= 4 is 16.7 Å². The quantitative estimate of drug-likeness (QED) is 0.738. The predicted octanol–water partition coefficient (Wildman–Crippen LogP) is 2.97. The number of nitrogens with zero attached hydrogens (tertiary/aromatic N) is 1. The molecule has 0 aliphatic carbocycles. The Bertz CT molecular complexity index is 598. The molecule has 3 nitrogen and oxygen atoms in total. The van der Waals surface area contributed by atoms with Crippen LogP contribution in [0.2, 0.25) is 0 Å². The number of carbonyl (C=O) groups is 1. The van der Waals surface area contributed by atoms with Gasteiger partial charge in [0.15, 0.2) is 0 Å². The summed E-state index contributed by atoms with van der Waals surface area (Å²) in [6.45, 7) is 1.30. The number of esters is 1. The minimum absolute atomic E-state index is 0.454. The molecule has 3 heteroatoms. The van der Waals surface area contributed by atoms with E-state index in [-0.39, 0.29) is 0 Å². The van der Waals surface area contributed by atoms with Gasteiger partial charge in [0.05, 0.1) is 0 Å². The van der Waals surface area contributed by atoms with Crippen LogP contribution < -0.4 is 0 Å². The predicted molar refractivity (Wildman–Crippen MR) is 64.1 cm³/mol. The summed E-state index contributed by atoms with van der Waals surface area (Å²) in [6.07, 6.45) is -0.836. The Balaban J connectivity index is 2.41. The monoisotopic (exact) mass is 225 g/mol. The third-order valence-electron chi connectivity index (χ3n) is 2.48. The minimum atomic E-state index is -0.836. The van der Waals surface area contributed by atoms with Gasteiger partial charge in [0.2, 0.25) is 6.10 Å². The summed E-state index contributed by atoms with van der Waals surface area (Å²) in [7, 11) is 0. The Hall–Kier alpha value is -2.34. The van der Waals surface area contributed by atoms with Crippen LogP contribution in [0.5, 0.6) is 0 Å². The first-order valence-corrected chi connectivity index (χ1v) is 5.26. The summed E-state index contributed by atoms with van der Waals surface area (Å²) in [6, 6.07) is 15.4. The van der Waals surface area contributed by atoms with E-state index in [0.29, 0.717) is 5.56 Å². The van der Waals surface area contributed by atoms with E-state index in [0.717, 1.165) is 10.8 Å². The molecule has 0 N–H and O–H groups in total. The van der Waals surface area contributed by atoms with Crippen LogP contribution in [0.15, 0.2) is 42.5 Å². The van der Waals surface area contributed by atoms with Crippen molar-refractivity contribution in [2.45, 2.75) is 13.0 Å². The van der Waals surface area contributed by atoms with Crippen molar-refractivity contribution in [1.29, 1.82) is 5.26 Å². The Morgan fingerprint density at radius 1 is 1.24 bits per heavy atom. The van der Waals surface area contributed by atoms with E-state index in [4.69, 9.17) is 10.00 Å². The lowest BCUT2D eigenvalue weighted by molar-refractivity contribution is -0.144. The molecule has 0 aliphatic rings. The molecule has 2 aromatic carbocycles. The average Bonchev–Trinajstić information content (AvgIpc) is 2.35. The second-order valence-corrected chi connectivity index (χ2v) is 3.73. The van der Waals surface area contributed by atoms with Crippen molar-refractivity contribution in [2.75, 3.05) is 0 Å². The van der Waals surface area contributed by atoms with E-state index in [2.05, 4.69) is 0 Å². The molecule has 0 amide bonds. The van der Waals surface area contributed by atoms with Crippen LogP contribution >= 0.6 is 0 Å². The molecule has 1 atom stereocenters. The maximum absolute atomic E-state index is 10.9. The second-order valence-electron chi connectivity index (χ2n) is 3.73. The summed E-state index contributed by atoms with van der Waals surface area (Å²) in [5.74, 6) is -0.454. The van der Waals surface area contributed by atoms with Crippen LogP contribution in [0.25, 0.3) is 10.8 Å². The van der Waals surface area contributed by atoms with Gasteiger partial charge in [0.1, 0.15) is 6.07 Å². The zero-order valence-electron chi connectivity index (χ0n) is 9.38. The highest BCUT2D eigenvalue weighted by atomic mass is 16.5. The number of carbonyl (C=O) groups excluding carboxylic acids is 1. The molecule has 84 valence electrons. The fraction of sp³-hybridized carbons (Fsp3) is 0.143. The number of ether oxygens (including phenoxy) is 1. The average molecular weight is 225 g/mol. The van der Waals surface area contributed by atoms with Crippen LogP contribution in [0.1, 0.15) is 18.6 Å². The van der Waals surface area contributed by atoms with Gasteiger partial charge in [-0.2, -0.15) is 5.26 Å². The molecule has 2 aromatic rings. The van der Waals surface area contributed by atoms with Gasteiger partial charge in [-0.25, -0.2) is 0 Å². The number of rotatable bonds is 2. The normalized spacial score (nSPS) is 11.8. The van der Waals surface area contributed by atoms with E-state index in [9.17, 15) is 4.79 Å². The highest BCUT2D eigenvalue weighted by molar-refractivity contribution is 5.83. The van der Waals surface area contributed by atoms with Crippen molar-refractivity contribution in [3.63, 3.8) is 0 Å². The van der Waals surface area contributed by atoms with Crippen LogP contribution in [-0.4, -0.2) is 5.97 Å². The third-order valence-corrected chi connectivity index (χ3v) is 2.48. The Labute approximate surface area is 99.2 Å². The molecule has 0 fully saturated rings. The standard InChI is InChI=1S/C14H11NO2/c1-10(16)17-14(9-15)13-7-6-11-4-2-3-5-12(11)8-13/h2-8,14H,1H3. The van der Waals surface area contributed by atoms with E-state index >= 15 is 0 Å². The zero-order valence-corrected chi connectivity index (χ0v) is 9.38. The van der Waals surface area contributed by atoms with E-state index in [1.54, 1.807) is 6.07 Å². The Morgan fingerprint density at radius 2 is 1.94 bits per heavy atom. The first-order chi connectivity index (χ1) is 8.20. The Kier molecular flexibility index (Phi) is 3.06. The van der Waals surface area contributed by atoms with Gasteiger partial charge in [-0.3, -0.25) is 4.79 Å². The van der Waals surface area contributed by atoms with Crippen molar-refractivity contribution in [3.05, 3.63) is 48.0 Å². The number of hydrogen-bond donors (Lipinski definition) is 0. The van der Waals surface area contributed by atoms with Crippen molar-refractivity contribution in [1.82, 2.24) is 0 Å². The van der Waals surface area contributed by atoms with Gasteiger partial charge in [-0.1, -0.05) is 36.4 Å². The highest BCUT2D eigenvalue weighted by Crippen LogP contribution is 2.22. The molecule has 1 unspecified atom stereocenters. The summed E-state index contributed by atoms with van der Waals surface area (Å²) < 4.78 is 4.93. The number of hydrogen-bond acceptors (Lipinski definition) is 3. The maximum Gasteiger partial charge on any atom is 0.304 e. The van der Waals surface area contributed by atoms with Gasteiger partial charge in [-0.05, 0) is 16.8 Å². The minimum Gasteiger partial charge on any atom is -0.442 e. The summed E-state index contributed by atoms with van der Waals surface area (Å²) >= 11 is 0. The Morgan fingerprint density at radius 3 is 2.59 bits per heavy atom. The SMILES string of the molecule is CC(=O)OC(C#N)c1ccc2ccccc2c1. The van der Waals surface area contributed by atoms with E-state index in [1.807, 2.05) is 42.5 Å². The number of nitriles is 1. The first-order valence-electron chi connectivity index (χ1n) is 5.26. The number of fused-ring (bicyclic) bond motifs is 1. The van der Waals surface area contributed by atoms with Crippen LogP contribution in [0, 0.1) is 11.3 Å². The van der Waals surface area contributed by atoms with Crippen molar-refractivity contribution < 1.29 is 9.53 Å². The maximum atomic E-state index is 10.9. The fourth-order valence-electron chi connectivity index (χ4n) is 1.71. The molecule has 17 heavy (non-hydrogen) atoms. The number of benzene rings is 2. The zero-order chi connectivity index (χ0) is 12.3. The molecular weight excluding hydrogens is 214 g/mol. The van der Waals surface area contributed by atoms with Gasteiger partial charge < -0.3 is 4.74 Å². The van der Waals surface area contributed by atoms with Crippen molar-refractivity contribution in [2.24, 2.45) is 0 Å². The molecular formula is C14H11NO2. The van der Waals surface area contributed by atoms with E-state index < -0.39 is 12.1 Å². The van der Waals surface area contributed by atoms with Crippen LogP contribution in [-0.2, 0) is 9.53 Å². The molecule has 0 heterocycles.